The van der Waals surface area contributed by atoms with Gasteiger partial charge < -0.3 is 8.98 Å². The van der Waals surface area contributed by atoms with Crippen LogP contribution in [0.3, 0.4) is 0 Å². The van der Waals surface area contributed by atoms with Crippen LogP contribution < -0.4 is 0 Å². The maximum atomic E-state index is 11.7. The quantitative estimate of drug-likeness (QED) is 0.552. The summed E-state index contributed by atoms with van der Waals surface area (Å²) in [5, 5.41) is 9.32. The summed E-state index contributed by atoms with van der Waals surface area (Å²) in [6, 6.07) is 6.20. The van der Waals surface area contributed by atoms with Crippen molar-refractivity contribution in [2.45, 2.75) is 37.6 Å². The molecule has 1 aliphatic rings. The summed E-state index contributed by atoms with van der Waals surface area (Å²) in [6.07, 6.45) is 3.03. The number of thioether (sulfide) groups is 1. The second-order valence-corrected chi connectivity index (χ2v) is 10.9. The van der Waals surface area contributed by atoms with E-state index >= 15 is 0 Å². The molecule has 0 N–H and O–H groups in total. The van der Waals surface area contributed by atoms with E-state index < -0.39 is 9.84 Å². The molecule has 154 valence electrons. The highest BCUT2D eigenvalue weighted by Gasteiger charge is 2.29. The van der Waals surface area contributed by atoms with Gasteiger partial charge in [0.2, 0.25) is 5.89 Å². The molecule has 1 aromatic carbocycles. The van der Waals surface area contributed by atoms with Gasteiger partial charge in [-0.3, -0.25) is 0 Å². The van der Waals surface area contributed by atoms with Crippen molar-refractivity contribution in [2.75, 3.05) is 11.5 Å². The van der Waals surface area contributed by atoms with Crippen LogP contribution in [-0.2, 0) is 29.1 Å². The molecule has 1 unspecified atom stereocenters. The van der Waals surface area contributed by atoms with Gasteiger partial charge in [-0.1, -0.05) is 29.5 Å². The second kappa shape index (κ2) is 7.95. The first kappa shape index (κ1) is 20.2. The van der Waals surface area contributed by atoms with E-state index in [1.165, 1.54) is 5.56 Å². The Bertz CT molecular complexity index is 1130. The first-order valence-corrected chi connectivity index (χ1v) is 12.3. The average molecular weight is 433 g/mol. The molecule has 0 amide bonds. The fraction of sp³-hybridized carbons (Fsp3) is 0.450. The van der Waals surface area contributed by atoms with Crippen molar-refractivity contribution in [1.82, 2.24) is 19.7 Å². The van der Waals surface area contributed by atoms with Gasteiger partial charge in [0.1, 0.15) is 12.1 Å². The van der Waals surface area contributed by atoms with Crippen LogP contribution in [-0.4, -0.2) is 39.7 Å². The zero-order valence-electron chi connectivity index (χ0n) is 16.8. The summed E-state index contributed by atoms with van der Waals surface area (Å²) in [5.74, 6) is 2.74. The number of oxazole rings is 1. The third kappa shape index (κ3) is 4.56. The van der Waals surface area contributed by atoms with Gasteiger partial charge in [0.15, 0.2) is 15.0 Å². The molecule has 1 aliphatic heterocycles. The number of sulfone groups is 1. The summed E-state index contributed by atoms with van der Waals surface area (Å²) in [6.45, 7) is 4.12. The Morgan fingerprint density at radius 3 is 2.83 bits per heavy atom. The van der Waals surface area contributed by atoms with E-state index in [4.69, 9.17) is 4.42 Å². The van der Waals surface area contributed by atoms with Crippen molar-refractivity contribution in [1.29, 1.82) is 0 Å². The highest BCUT2D eigenvalue weighted by Crippen LogP contribution is 2.27. The smallest absolute Gasteiger partial charge is 0.226 e. The van der Waals surface area contributed by atoms with Crippen LogP contribution in [0.15, 0.2) is 34.0 Å². The van der Waals surface area contributed by atoms with E-state index in [0.29, 0.717) is 24.5 Å². The first-order chi connectivity index (χ1) is 13.8. The lowest BCUT2D eigenvalue weighted by atomic mass is 10.1. The molecule has 0 spiro atoms. The molecule has 0 bridgehead atoms. The lowest BCUT2D eigenvalue weighted by Crippen LogP contribution is -2.11. The zero-order valence-corrected chi connectivity index (χ0v) is 18.4. The molecule has 1 fully saturated rings. The molecule has 4 rings (SSSR count). The van der Waals surface area contributed by atoms with Crippen LogP contribution in [0, 0.1) is 19.8 Å². The standard InChI is InChI=1S/C20H24N4O3S2/c1-13-4-5-17(14(2)8-13)19-21-16(10-27-19)11-28-20-23-22-18(24(20)3)9-15-6-7-29(25,26)12-15/h4-5,8,10,15H,6-7,9,11-12H2,1-3H3. The lowest BCUT2D eigenvalue weighted by molar-refractivity contribution is 0.552. The van der Waals surface area contributed by atoms with E-state index in [-0.39, 0.29) is 17.4 Å². The highest BCUT2D eigenvalue weighted by atomic mass is 32.2. The number of hydrogen-bond donors (Lipinski definition) is 0. The summed E-state index contributed by atoms with van der Waals surface area (Å²) in [4.78, 5) is 4.61. The fourth-order valence-electron chi connectivity index (χ4n) is 3.63. The Balaban J connectivity index is 1.40. The van der Waals surface area contributed by atoms with Crippen molar-refractivity contribution in [2.24, 2.45) is 13.0 Å². The van der Waals surface area contributed by atoms with Crippen LogP contribution in [0.25, 0.3) is 11.5 Å². The molecule has 2 aromatic heterocycles. The van der Waals surface area contributed by atoms with Gasteiger partial charge in [-0.25, -0.2) is 13.4 Å². The Morgan fingerprint density at radius 2 is 2.10 bits per heavy atom. The van der Waals surface area contributed by atoms with Gasteiger partial charge in [0, 0.05) is 24.8 Å². The van der Waals surface area contributed by atoms with Crippen LogP contribution in [0.4, 0.5) is 0 Å². The molecule has 7 nitrogen and oxygen atoms in total. The number of rotatable bonds is 6. The van der Waals surface area contributed by atoms with Gasteiger partial charge in [0.25, 0.3) is 0 Å². The van der Waals surface area contributed by atoms with Crippen molar-refractivity contribution >= 4 is 21.6 Å². The molecule has 0 aliphatic carbocycles. The maximum absolute atomic E-state index is 11.7. The van der Waals surface area contributed by atoms with Gasteiger partial charge in [0.05, 0.1) is 17.2 Å². The lowest BCUT2D eigenvalue weighted by Gasteiger charge is -2.07. The van der Waals surface area contributed by atoms with E-state index in [1.807, 2.05) is 17.7 Å². The van der Waals surface area contributed by atoms with Crippen LogP contribution in [0.2, 0.25) is 0 Å². The maximum Gasteiger partial charge on any atom is 0.226 e. The molecular weight excluding hydrogens is 408 g/mol. The Kier molecular flexibility index (Phi) is 5.52. The summed E-state index contributed by atoms with van der Waals surface area (Å²) < 4.78 is 30.9. The van der Waals surface area contributed by atoms with E-state index in [1.54, 1.807) is 18.0 Å². The number of nitrogens with zero attached hydrogens (tertiary/aromatic N) is 4. The van der Waals surface area contributed by atoms with E-state index in [9.17, 15) is 8.42 Å². The number of aromatic nitrogens is 4. The Labute approximate surface area is 174 Å². The third-order valence-corrected chi connectivity index (χ3v) is 8.13. The fourth-order valence-corrected chi connectivity index (χ4v) is 6.30. The molecule has 1 atom stereocenters. The molecular formula is C20H24N4O3S2. The molecule has 9 heteroatoms. The minimum absolute atomic E-state index is 0.136. The Hall–Kier alpha value is -2.13. The SMILES string of the molecule is Cc1ccc(-c2nc(CSc3nnc(CC4CCS(=O)(=O)C4)n3C)co2)c(C)c1. The largest absolute Gasteiger partial charge is 0.444 e. The third-order valence-electron chi connectivity index (χ3n) is 5.24. The first-order valence-electron chi connectivity index (χ1n) is 9.54. The predicted molar refractivity (Wildman–Crippen MR) is 112 cm³/mol. The Morgan fingerprint density at radius 1 is 1.28 bits per heavy atom. The molecule has 29 heavy (non-hydrogen) atoms. The summed E-state index contributed by atoms with van der Waals surface area (Å²) in [5.41, 5.74) is 4.19. The average Bonchev–Trinajstić information content (AvgIpc) is 3.34. The van der Waals surface area contributed by atoms with Crippen molar-refractivity contribution in [3.05, 3.63) is 47.1 Å². The van der Waals surface area contributed by atoms with Gasteiger partial charge >= 0.3 is 0 Å². The molecule has 0 saturated carbocycles. The molecule has 3 aromatic rings. The van der Waals surface area contributed by atoms with E-state index in [0.717, 1.165) is 27.8 Å². The molecule has 3 heterocycles. The van der Waals surface area contributed by atoms with Crippen molar-refractivity contribution in [3.63, 3.8) is 0 Å². The van der Waals surface area contributed by atoms with Crippen molar-refractivity contribution in [3.8, 4) is 11.5 Å². The van der Waals surface area contributed by atoms with Gasteiger partial charge in [-0.15, -0.1) is 10.2 Å². The second-order valence-electron chi connectivity index (χ2n) is 7.68. The van der Waals surface area contributed by atoms with Crippen LogP contribution in [0.5, 0.6) is 0 Å². The number of aryl methyl sites for hydroxylation is 2. The van der Waals surface area contributed by atoms with Crippen LogP contribution >= 0.6 is 11.8 Å². The van der Waals surface area contributed by atoms with Crippen molar-refractivity contribution < 1.29 is 12.8 Å². The summed E-state index contributed by atoms with van der Waals surface area (Å²) >= 11 is 1.54. The predicted octanol–water partition coefficient (Wildman–Crippen LogP) is 3.36. The molecule has 0 radical (unpaired) electrons. The minimum atomic E-state index is -2.88. The zero-order chi connectivity index (χ0) is 20.6. The number of hydrogen-bond acceptors (Lipinski definition) is 7. The number of benzene rings is 1. The van der Waals surface area contributed by atoms with Gasteiger partial charge in [-0.05, 0) is 37.8 Å². The topological polar surface area (TPSA) is 90.9 Å². The highest BCUT2D eigenvalue weighted by molar-refractivity contribution is 7.98. The summed E-state index contributed by atoms with van der Waals surface area (Å²) in [7, 11) is -0.954. The molecule has 1 saturated heterocycles. The van der Waals surface area contributed by atoms with Gasteiger partial charge in [-0.2, -0.15) is 0 Å². The normalized spacial score (nSPS) is 18.4. The monoisotopic (exact) mass is 432 g/mol. The minimum Gasteiger partial charge on any atom is -0.444 e. The van der Waals surface area contributed by atoms with E-state index in [2.05, 4.69) is 41.2 Å². The van der Waals surface area contributed by atoms with Crippen LogP contribution in [0.1, 0.15) is 29.1 Å².